The van der Waals surface area contributed by atoms with Crippen LogP contribution in [0.3, 0.4) is 0 Å². The van der Waals surface area contributed by atoms with Crippen LogP contribution >= 0.6 is 11.8 Å². The lowest BCUT2D eigenvalue weighted by Crippen LogP contribution is -2.48. The number of amides is 2. The van der Waals surface area contributed by atoms with Crippen molar-refractivity contribution in [3.05, 3.63) is 60.2 Å². The number of anilines is 2. The molecule has 156 valence electrons. The summed E-state index contributed by atoms with van der Waals surface area (Å²) in [7, 11) is 0. The highest BCUT2D eigenvalue weighted by molar-refractivity contribution is 8.00. The van der Waals surface area contributed by atoms with E-state index < -0.39 is 10.9 Å². The molecule has 0 bridgehead atoms. The number of piperidine rings is 1. The molecule has 0 saturated carbocycles. The fraction of sp³-hybridized carbons (Fsp3) is 0.417. The molecular weight excluding hydrogens is 394 g/mol. The fourth-order valence-corrected chi connectivity index (χ4v) is 6.62. The Morgan fingerprint density at radius 3 is 2.47 bits per heavy atom. The highest BCUT2D eigenvalue weighted by Gasteiger charge is 2.56. The third-order valence-corrected chi connectivity index (χ3v) is 8.11. The summed E-state index contributed by atoms with van der Waals surface area (Å²) in [5, 5.41) is 3.05. The molecule has 2 aromatic carbocycles. The summed E-state index contributed by atoms with van der Waals surface area (Å²) in [5.41, 5.74) is 3.11. The minimum absolute atomic E-state index is 0.0736. The van der Waals surface area contributed by atoms with Crippen molar-refractivity contribution in [2.45, 2.75) is 43.0 Å². The summed E-state index contributed by atoms with van der Waals surface area (Å²) in [5.74, 6) is 0.601. The minimum Gasteiger partial charge on any atom is -0.372 e. The second kappa shape index (κ2) is 7.99. The lowest BCUT2D eigenvalue weighted by atomic mass is 10.0. The molecule has 30 heavy (non-hydrogen) atoms. The first-order valence-electron chi connectivity index (χ1n) is 10.8. The van der Waals surface area contributed by atoms with Crippen molar-refractivity contribution in [1.29, 1.82) is 0 Å². The van der Waals surface area contributed by atoms with E-state index in [1.807, 2.05) is 35.2 Å². The van der Waals surface area contributed by atoms with Crippen molar-refractivity contribution in [2.75, 3.05) is 29.1 Å². The number of carbonyl (C=O) groups excluding carboxylic acids is 2. The van der Waals surface area contributed by atoms with Crippen molar-refractivity contribution >= 4 is 35.0 Å². The van der Waals surface area contributed by atoms with Crippen LogP contribution in [0.25, 0.3) is 0 Å². The zero-order chi connectivity index (χ0) is 20.6. The van der Waals surface area contributed by atoms with E-state index >= 15 is 0 Å². The molecule has 3 heterocycles. The number of benzene rings is 2. The van der Waals surface area contributed by atoms with E-state index in [4.69, 9.17) is 0 Å². The van der Waals surface area contributed by atoms with Crippen LogP contribution in [-0.2, 0) is 14.5 Å². The molecule has 1 N–H and O–H groups in total. The first kappa shape index (κ1) is 19.5. The van der Waals surface area contributed by atoms with E-state index in [-0.39, 0.29) is 11.8 Å². The van der Waals surface area contributed by atoms with Crippen molar-refractivity contribution < 1.29 is 9.59 Å². The van der Waals surface area contributed by atoms with Gasteiger partial charge in [0.25, 0.3) is 0 Å². The van der Waals surface area contributed by atoms with Crippen molar-refractivity contribution in [2.24, 2.45) is 0 Å². The Balaban J connectivity index is 1.31. The summed E-state index contributed by atoms with van der Waals surface area (Å²) in [4.78, 5) is 29.7. The number of carbonyl (C=O) groups is 2. The second-order valence-corrected chi connectivity index (χ2v) is 9.62. The van der Waals surface area contributed by atoms with Crippen LogP contribution in [0.5, 0.6) is 0 Å². The lowest BCUT2D eigenvalue weighted by molar-refractivity contribution is -0.136. The molecule has 2 amide bonds. The summed E-state index contributed by atoms with van der Waals surface area (Å²) in [6, 6.07) is 17.8. The standard InChI is InChI=1S/C24H27N3O2S/c28-22-13-14-24(18-7-3-1-4-8-18)27(22)21(17-30-24)23(29)25-19-9-11-20(12-10-19)26-15-5-2-6-16-26/h1,3-4,7-12,21H,2,5-6,13-17H2,(H,25,29)/t21-,24-/m1/s1. The van der Waals surface area contributed by atoms with E-state index in [0.29, 0.717) is 12.2 Å². The largest absolute Gasteiger partial charge is 0.372 e. The van der Waals surface area contributed by atoms with Gasteiger partial charge < -0.3 is 15.1 Å². The number of hydrogen-bond donors (Lipinski definition) is 1. The molecule has 3 aliphatic heterocycles. The van der Waals surface area contributed by atoms with Gasteiger partial charge in [-0.3, -0.25) is 9.59 Å². The first-order valence-corrected chi connectivity index (χ1v) is 11.8. The van der Waals surface area contributed by atoms with Crippen LogP contribution < -0.4 is 10.2 Å². The molecule has 5 nitrogen and oxygen atoms in total. The molecule has 2 atom stereocenters. The molecule has 3 fully saturated rings. The topological polar surface area (TPSA) is 52.7 Å². The van der Waals surface area contributed by atoms with Crippen LogP contribution in [0.15, 0.2) is 54.6 Å². The average Bonchev–Trinajstić information content (AvgIpc) is 3.35. The molecule has 3 aliphatic rings. The van der Waals surface area contributed by atoms with Crippen molar-refractivity contribution in [1.82, 2.24) is 4.90 Å². The normalized spacial score (nSPS) is 26.0. The van der Waals surface area contributed by atoms with Gasteiger partial charge in [0.15, 0.2) is 0 Å². The SMILES string of the molecule is O=C(Nc1ccc(N2CCCCC2)cc1)[C@H]1CS[C@@]2(c3ccccc3)CCC(=O)N12. The van der Waals surface area contributed by atoms with Crippen LogP contribution in [0.2, 0.25) is 0 Å². The molecule has 2 aromatic rings. The van der Waals surface area contributed by atoms with E-state index in [0.717, 1.165) is 30.8 Å². The maximum atomic E-state index is 13.1. The predicted octanol–water partition coefficient (Wildman–Crippen LogP) is 4.21. The van der Waals surface area contributed by atoms with E-state index in [2.05, 4.69) is 34.5 Å². The van der Waals surface area contributed by atoms with Crippen LogP contribution in [-0.4, -0.2) is 41.6 Å². The molecule has 0 aromatic heterocycles. The lowest BCUT2D eigenvalue weighted by Gasteiger charge is -2.34. The third-order valence-electron chi connectivity index (χ3n) is 6.51. The fourth-order valence-electron chi connectivity index (χ4n) is 4.97. The monoisotopic (exact) mass is 421 g/mol. The Morgan fingerprint density at radius 2 is 1.73 bits per heavy atom. The molecule has 6 heteroatoms. The summed E-state index contributed by atoms with van der Waals surface area (Å²) in [6.07, 6.45) is 5.05. The van der Waals surface area contributed by atoms with Gasteiger partial charge in [0.1, 0.15) is 10.9 Å². The van der Waals surface area contributed by atoms with Crippen LogP contribution in [0, 0.1) is 0 Å². The minimum atomic E-state index is -0.438. The number of nitrogens with zero attached hydrogens (tertiary/aromatic N) is 2. The Kier molecular flexibility index (Phi) is 5.19. The number of fused-ring (bicyclic) bond motifs is 1. The van der Waals surface area contributed by atoms with Crippen LogP contribution in [0.4, 0.5) is 11.4 Å². The van der Waals surface area contributed by atoms with Gasteiger partial charge in [-0.1, -0.05) is 30.3 Å². The first-order chi connectivity index (χ1) is 14.7. The summed E-state index contributed by atoms with van der Waals surface area (Å²) >= 11 is 1.72. The number of nitrogens with one attached hydrogen (secondary N) is 1. The van der Waals surface area contributed by atoms with E-state index in [1.165, 1.54) is 24.9 Å². The highest BCUT2D eigenvalue weighted by Crippen LogP contribution is 2.54. The molecule has 0 radical (unpaired) electrons. The van der Waals surface area contributed by atoms with Gasteiger partial charge in [-0.05, 0) is 55.5 Å². The van der Waals surface area contributed by atoms with Gasteiger partial charge in [0, 0.05) is 36.6 Å². The molecular formula is C24H27N3O2S. The summed E-state index contributed by atoms with van der Waals surface area (Å²) in [6.45, 7) is 2.20. The average molecular weight is 422 g/mol. The van der Waals surface area contributed by atoms with Gasteiger partial charge in [0.2, 0.25) is 11.8 Å². The van der Waals surface area contributed by atoms with Gasteiger partial charge in [-0.25, -0.2) is 0 Å². The van der Waals surface area contributed by atoms with E-state index in [9.17, 15) is 9.59 Å². The Morgan fingerprint density at radius 1 is 1.00 bits per heavy atom. The number of hydrogen-bond acceptors (Lipinski definition) is 4. The third kappa shape index (κ3) is 3.37. The molecule has 5 rings (SSSR count). The quantitative estimate of drug-likeness (QED) is 0.804. The van der Waals surface area contributed by atoms with Gasteiger partial charge in [-0.15, -0.1) is 11.8 Å². The van der Waals surface area contributed by atoms with Gasteiger partial charge in [0.05, 0.1) is 0 Å². The van der Waals surface area contributed by atoms with E-state index in [1.54, 1.807) is 11.8 Å². The zero-order valence-corrected chi connectivity index (χ0v) is 17.9. The Labute approximate surface area is 181 Å². The van der Waals surface area contributed by atoms with Crippen molar-refractivity contribution in [3.8, 4) is 0 Å². The molecule has 0 aliphatic carbocycles. The zero-order valence-electron chi connectivity index (χ0n) is 17.0. The van der Waals surface area contributed by atoms with Crippen LogP contribution in [0.1, 0.15) is 37.7 Å². The summed E-state index contributed by atoms with van der Waals surface area (Å²) < 4.78 is 0. The number of rotatable bonds is 4. The molecule has 3 saturated heterocycles. The van der Waals surface area contributed by atoms with Crippen molar-refractivity contribution in [3.63, 3.8) is 0 Å². The molecule has 0 unspecified atom stereocenters. The smallest absolute Gasteiger partial charge is 0.248 e. The highest BCUT2D eigenvalue weighted by atomic mass is 32.2. The van der Waals surface area contributed by atoms with Gasteiger partial charge >= 0.3 is 0 Å². The molecule has 0 spiro atoms. The van der Waals surface area contributed by atoms with Gasteiger partial charge in [-0.2, -0.15) is 0 Å². The Bertz CT molecular complexity index is 927. The predicted molar refractivity (Wildman–Crippen MR) is 122 cm³/mol. The number of thioether (sulfide) groups is 1. The maximum absolute atomic E-state index is 13.1. The maximum Gasteiger partial charge on any atom is 0.248 e. The Hall–Kier alpha value is -2.47. The second-order valence-electron chi connectivity index (χ2n) is 8.32.